The van der Waals surface area contributed by atoms with Crippen LogP contribution in [0.4, 0.5) is 56.9 Å². The van der Waals surface area contributed by atoms with Gasteiger partial charge in [0.25, 0.3) is 50.6 Å². The van der Waals surface area contributed by atoms with Crippen LogP contribution in [0.3, 0.4) is 0 Å². The third-order valence-corrected chi connectivity index (χ3v) is 19.6. The summed E-state index contributed by atoms with van der Waals surface area (Å²) < 4.78 is 179. The second-order valence-electron chi connectivity index (χ2n) is 19.8. The Hall–Kier alpha value is -8.18. The quantitative estimate of drug-likeness (QED) is 0.00934. The lowest BCUT2D eigenvalue weighted by Gasteiger charge is -2.13. The molecule has 0 aliphatic carbocycles. The van der Waals surface area contributed by atoms with Crippen molar-refractivity contribution in [1.82, 2.24) is 9.38 Å². The zero-order chi connectivity index (χ0) is 69.3. The third kappa shape index (κ3) is 19.7. The van der Waals surface area contributed by atoms with E-state index in [0.29, 0.717) is 5.56 Å². The van der Waals surface area contributed by atoms with Gasteiger partial charge in [-0.05, 0) is 117 Å². The molecule has 94 heavy (non-hydrogen) atoms. The molecular formula is C53H54ClN13O20S7. The number of aryl methyl sites for hydroxylation is 1. The number of pyridine rings is 1. The number of imidazole rings is 1. The summed E-state index contributed by atoms with van der Waals surface area (Å²) in [6, 6.07) is 16.1. The zero-order valence-electron chi connectivity index (χ0n) is 49.5. The fraction of sp³-hybridized carbons (Fsp3) is 0.283. The van der Waals surface area contributed by atoms with Crippen LogP contribution in [0, 0.1) is 25.2 Å². The highest BCUT2D eigenvalue weighted by atomic mass is 35.5. The van der Waals surface area contributed by atoms with Gasteiger partial charge in [0.05, 0.1) is 64.3 Å². The molecule has 0 aliphatic heterocycles. The number of hydrogen-bond acceptors (Lipinski definition) is 27. The molecule has 2 aromatic heterocycles. The van der Waals surface area contributed by atoms with Crippen LogP contribution in [-0.2, 0) is 60.2 Å². The van der Waals surface area contributed by atoms with Gasteiger partial charge in [-0.3, -0.25) is 36.8 Å². The molecule has 0 saturated carbocycles. The number of amides is 2. The minimum Gasteiger partial charge on any atom is -0.495 e. The number of nitriles is 1. The first-order valence-electron chi connectivity index (χ1n) is 26.8. The fourth-order valence-corrected chi connectivity index (χ4v) is 14.2. The van der Waals surface area contributed by atoms with E-state index in [0.717, 1.165) is 47.2 Å². The van der Waals surface area contributed by atoms with Gasteiger partial charge in [0.15, 0.2) is 16.2 Å². The van der Waals surface area contributed by atoms with Crippen LogP contribution in [0.25, 0.3) is 16.7 Å². The van der Waals surface area contributed by atoms with Crippen LogP contribution < -0.4 is 20.1 Å². The Kier molecular flexibility index (Phi) is 23.7. The lowest BCUT2D eigenvalue weighted by Crippen LogP contribution is -2.06. The number of carbonyl (C=O) groups excluding carboxylic acids is 2. The van der Waals surface area contributed by atoms with Crippen molar-refractivity contribution in [3.63, 3.8) is 0 Å². The van der Waals surface area contributed by atoms with Crippen molar-refractivity contribution in [2.45, 2.75) is 73.0 Å². The molecule has 0 fully saturated rings. The second-order valence-corrected chi connectivity index (χ2v) is 30.0. The SMILES string of the molecule is COc1ccc2c(nc3c(C#N)c(C)c(N=Nc4cc(C)c(N=Nc5cc(NC(C)=O)c(N=Nc6cc(NC(C)=O)c(N=Nc7ccc(Cl)c(S(=O)(=O)O)c7)cc6SCCCS(=O)(=O)O)cc5SCCCS(=O)(=O)O)cc4OCCCCS(=O)(=O)O)c(O)n32)c1S(=O)(=O)O. The summed E-state index contributed by atoms with van der Waals surface area (Å²) in [5, 5.41) is 61.8. The molecule has 7 rings (SSSR count). The van der Waals surface area contributed by atoms with Gasteiger partial charge < -0.3 is 25.2 Å². The highest BCUT2D eigenvalue weighted by molar-refractivity contribution is 7.99. The van der Waals surface area contributed by atoms with Crippen LogP contribution in [0.5, 0.6) is 17.4 Å². The molecule has 0 bridgehead atoms. The fourth-order valence-electron chi connectivity index (χ4n) is 8.52. The molecule has 7 aromatic rings. The molecule has 0 atom stereocenters. The van der Waals surface area contributed by atoms with E-state index in [4.69, 9.17) is 21.1 Å². The predicted molar refractivity (Wildman–Crippen MR) is 345 cm³/mol. The predicted octanol–water partition coefficient (Wildman–Crippen LogP) is 12.2. The van der Waals surface area contributed by atoms with Crippen LogP contribution in [0.15, 0.2) is 127 Å². The van der Waals surface area contributed by atoms with Gasteiger partial charge in [0.2, 0.25) is 17.7 Å². The summed E-state index contributed by atoms with van der Waals surface area (Å²) in [4.78, 5) is 28.8. The van der Waals surface area contributed by atoms with Crippen molar-refractivity contribution in [2.75, 3.05) is 53.1 Å². The molecule has 33 nitrogen and oxygen atoms in total. The van der Waals surface area contributed by atoms with Gasteiger partial charge in [-0.2, -0.15) is 57.6 Å². The Morgan fingerprint density at radius 3 is 1.66 bits per heavy atom. The lowest BCUT2D eigenvalue weighted by atomic mass is 10.1. The summed E-state index contributed by atoms with van der Waals surface area (Å²) in [5.41, 5.74) is -0.967. The maximum absolute atomic E-state index is 12.9. The van der Waals surface area contributed by atoms with Crippen molar-refractivity contribution < 1.29 is 89.0 Å². The van der Waals surface area contributed by atoms with Gasteiger partial charge in [0, 0.05) is 35.3 Å². The van der Waals surface area contributed by atoms with Gasteiger partial charge in [0.1, 0.15) is 62.0 Å². The Labute approximate surface area is 550 Å². The number of anilines is 2. The van der Waals surface area contributed by atoms with Crippen LogP contribution in [0.2, 0.25) is 5.02 Å². The number of nitrogens with one attached hydrogen (secondary N) is 2. The van der Waals surface area contributed by atoms with E-state index in [-0.39, 0.29) is 155 Å². The van der Waals surface area contributed by atoms with Crippen molar-refractivity contribution in [3.05, 3.63) is 88.4 Å². The average Bonchev–Trinajstić information content (AvgIpc) is 1.57. The number of unbranched alkanes of at least 4 members (excludes halogenated alkanes) is 1. The summed E-state index contributed by atoms with van der Waals surface area (Å²) in [5.74, 6) is -4.06. The summed E-state index contributed by atoms with van der Waals surface area (Å²) in [6.45, 7) is 5.16. The molecule has 500 valence electrons. The minimum atomic E-state index is -5.00. The number of azo groups is 4. The number of nitrogens with zero attached hydrogens (tertiary/aromatic N) is 11. The Bertz CT molecular complexity index is 4950. The first kappa shape index (κ1) is 73.2. The molecule has 0 aliphatic rings. The first-order chi connectivity index (χ1) is 43.9. The summed E-state index contributed by atoms with van der Waals surface area (Å²) >= 11 is 8.00. The smallest absolute Gasteiger partial charge is 0.300 e. The van der Waals surface area contributed by atoms with Crippen molar-refractivity contribution >= 4 is 171 Å². The van der Waals surface area contributed by atoms with Crippen LogP contribution in [-0.4, -0.2) is 134 Å². The molecule has 41 heteroatoms. The molecule has 0 saturated heterocycles. The first-order valence-corrected chi connectivity index (χ1v) is 36.9. The van der Waals surface area contributed by atoms with Crippen LogP contribution in [0.1, 0.15) is 56.2 Å². The molecule has 5 aromatic carbocycles. The highest BCUT2D eigenvalue weighted by Crippen LogP contribution is 2.46. The van der Waals surface area contributed by atoms with E-state index in [9.17, 15) is 84.8 Å². The molecule has 0 radical (unpaired) electrons. The van der Waals surface area contributed by atoms with E-state index in [1.807, 2.05) is 6.07 Å². The zero-order valence-corrected chi connectivity index (χ0v) is 55.9. The number of aromatic hydroxyl groups is 1. The lowest BCUT2D eigenvalue weighted by molar-refractivity contribution is -0.115. The second kappa shape index (κ2) is 30.5. The standard InChI is InChI=1S/C53H54ClN13O20S7/c1-28-20-40(63-66-49-29(2)33(27-55)52-58-50-43(67(52)53(49)70)12-13-44(86-5)51(50)94(83,84)85)45(87-14-6-7-17-90(71,72)73)24-35(28)60-64-41-23-37(57-31(4)69)39(26-47(41)89-16-9-19-92(77,78)79)62-65-42-22-36(56-30(3)68)38(25-46(42)88-15-8-18-91(74,75)76)61-59-32-10-11-34(54)48(21-32)93(80,81)82/h10-13,20-26,70H,6-9,14-19H2,1-5H3,(H,56,68)(H,57,69)(H,71,72,73)(H,74,75,76)(H,77,78,79)(H,80,81,82)(H,83,84,85). The minimum absolute atomic E-state index is 0.000465. The summed E-state index contributed by atoms with van der Waals surface area (Å²) in [7, 11) is -21.8. The van der Waals surface area contributed by atoms with Gasteiger partial charge in [-0.15, -0.1) is 54.2 Å². The Morgan fingerprint density at radius 2 is 1.15 bits per heavy atom. The Balaban J connectivity index is 1.35. The normalized spacial score (nSPS) is 12.7. The Morgan fingerprint density at radius 1 is 0.628 bits per heavy atom. The molecular weight excluding hydrogens is 1400 g/mol. The number of methoxy groups -OCH3 is 1. The maximum Gasteiger partial charge on any atom is 0.300 e. The highest BCUT2D eigenvalue weighted by Gasteiger charge is 2.28. The van der Waals surface area contributed by atoms with Crippen LogP contribution >= 0.6 is 35.1 Å². The van der Waals surface area contributed by atoms with E-state index >= 15 is 0 Å². The van der Waals surface area contributed by atoms with Gasteiger partial charge in [-0.1, -0.05) is 11.6 Å². The largest absolute Gasteiger partial charge is 0.495 e. The molecule has 0 spiro atoms. The monoisotopic (exact) mass is 1450 g/mol. The number of thioether (sulfide) groups is 2. The molecule has 2 heterocycles. The number of carbonyl (C=O) groups is 2. The topological polar surface area (TPSA) is 509 Å². The number of hydrogen-bond donors (Lipinski definition) is 8. The van der Waals surface area contributed by atoms with E-state index < -0.39 is 95.3 Å². The van der Waals surface area contributed by atoms with Crippen molar-refractivity contribution in [3.8, 4) is 23.4 Å². The van der Waals surface area contributed by atoms with E-state index in [2.05, 4.69) is 56.5 Å². The molecule has 8 N–H and O–H groups in total. The maximum atomic E-state index is 12.9. The third-order valence-electron chi connectivity index (χ3n) is 12.7. The van der Waals surface area contributed by atoms with Crippen molar-refractivity contribution in [2.24, 2.45) is 40.9 Å². The summed E-state index contributed by atoms with van der Waals surface area (Å²) in [6.07, 6.45) is -0.152. The average molecular weight is 1450 g/mol. The molecule has 0 unspecified atom stereocenters. The number of aromatic nitrogens is 2. The number of ether oxygens (including phenoxy) is 2. The van der Waals surface area contributed by atoms with Gasteiger partial charge >= 0.3 is 0 Å². The molecule has 2 amide bonds. The van der Waals surface area contributed by atoms with E-state index in [1.54, 1.807) is 6.92 Å². The number of fused-ring (bicyclic) bond motifs is 3. The number of rotatable bonds is 29. The number of halogens is 1. The van der Waals surface area contributed by atoms with Crippen molar-refractivity contribution in [1.29, 1.82) is 5.26 Å². The number of benzene rings is 5. The van der Waals surface area contributed by atoms with E-state index in [1.165, 1.54) is 75.4 Å². The van der Waals surface area contributed by atoms with Gasteiger partial charge in [-0.25, -0.2) is 4.98 Å².